The van der Waals surface area contributed by atoms with E-state index in [1.54, 1.807) is 34.6 Å². The lowest BCUT2D eigenvalue weighted by atomic mass is 10.2. The van der Waals surface area contributed by atoms with Gasteiger partial charge in [-0.05, 0) is 27.2 Å². The molecule has 2 unspecified atom stereocenters. The van der Waals surface area contributed by atoms with Crippen molar-refractivity contribution in [1.29, 1.82) is 0 Å². The maximum Gasteiger partial charge on any atom is 0.472 e. The molecule has 0 aliphatic carbocycles. The van der Waals surface area contributed by atoms with Crippen LogP contribution in [0.15, 0.2) is 0 Å². The quantitative estimate of drug-likeness (QED) is 0.189. The number of esters is 2. The van der Waals surface area contributed by atoms with Gasteiger partial charge in [0.15, 0.2) is 6.10 Å². The molecule has 0 rings (SSSR count). The van der Waals surface area contributed by atoms with Crippen LogP contribution in [0.25, 0.3) is 0 Å². The third kappa shape index (κ3) is 15.9. The van der Waals surface area contributed by atoms with Gasteiger partial charge in [-0.25, -0.2) is 9.36 Å². The molecule has 0 heterocycles. The fraction of sp³-hybridized carbons (Fsp3) is 0.824. The van der Waals surface area contributed by atoms with Crippen molar-refractivity contribution < 1.29 is 47.1 Å². The van der Waals surface area contributed by atoms with Gasteiger partial charge in [-0.15, -0.1) is 0 Å². The Kier molecular flexibility index (Phi) is 12.7. The minimum absolute atomic E-state index is 0.0914. The van der Waals surface area contributed by atoms with Crippen LogP contribution in [-0.2, 0) is 37.4 Å². The molecular weight excluding hydrogens is 409 g/mol. The highest BCUT2D eigenvalue weighted by molar-refractivity contribution is 7.47. The smallest absolute Gasteiger partial charge is 0.462 e. The average Bonchev–Trinajstić information content (AvgIpc) is 2.59. The van der Waals surface area contributed by atoms with Crippen molar-refractivity contribution in [2.24, 2.45) is 0 Å². The Morgan fingerprint density at radius 2 is 1.72 bits per heavy atom. The van der Waals surface area contributed by atoms with E-state index >= 15 is 0 Å². The molecule has 2 N–H and O–H groups in total. The highest BCUT2D eigenvalue weighted by Gasteiger charge is 2.26. The molecule has 0 radical (unpaired) electrons. The second-order valence-corrected chi connectivity index (χ2v) is 8.38. The number of rotatable bonds is 13. The predicted octanol–water partition coefficient (Wildman–Crippen LogP) is 2.31. The number of alkyl carbamates (subject to hydrolysis) is 1. The van der Waals surface area contributed by atoms with Crippen LogP contribution in [-0.4, -0.2) is 61.0 Å². The molecule has 0 aliphatic heterocycles. The predicted molar refractivity (Wildman–Crippen MR) is 102 cm³/mol. The molecule has 170 valence electrons. The summed E-state index contributed by atoms with van der Waals surface area (Å²) in [6, 6.07) is 0. The zero-order valence-corrected chi connectivity index (χ0v) is 18.5. The summed E-state index contributed by atoms with van der Waals surface area (Å²) in [4.78, 5) is 44.1. The Bertz CT molecular complexity index is 575. The van der Waals surface area contributed by atoms with Gasteiger partial charge in [-0.3, -0.25) is 18.6 Å². The van der Waals surface area contributed by atoms with Crippen LogP contribution < -0.4 is 5.32 Å². The normalized spacial score (nSPS) is 14.4. The van der Waals surface area contributed by atoms with E-state index in [0.717, 1.165) is 0 Å². The van der Waals surface area contributed by atoms with Crippen LogP contribution in [0.4, 0.5) is 4.79 Å². The maximum absolute atomic E-state index is 11.9. The minimum atomic E-state index is -4.48. The van der Waals surface area contributed by atoms with Gasteiger partial charge in [-0.2, -0.15) is 0 Å². The number of carbonyl (C=O) groups is 3. The van der Waals surface area contributed by atoms with Crippen molar-refractivity contribution in [1.82, 2.24) is 5.32 Å². The number of hydrogen-bond donors (Lipinski definition) is 2. The van der Waals surface area contributed by atoms with Crippen LogP contribution in [0, 0.1) is 0 Å². The molecule has 11 nitrogen and oxygen atoms in total. The number of amides is 1. The summed E-state index contributed by atoms with van der Waals surface area (Å²) in [6.45, 7) is 7.22. The molecule has 0 aromatic rings. The molecular formula is C17H32NO10P. The summed E-state index contributed by atoms with van der Waals surface area (Å²) in [7, 11) is -4.48. The van der Waals surface area contributed by atoms with E-state index in [1.807, 2.05) is 0 Å². The third-order valence-corrected chi connectivity index (χ3v) is 3.90. The third-order valence-electron chi connectivity index (χ3n) is 2.92. The molecule has 0 saturated carbocycles. The van der Waals surface area contributed by atoms with E-state index in [2.05, 4.69) is 5.32 Å². The topological polar surface area (TPSA) is 147 Å². The molecule has 0 aromatic carbocycles. The lowest BCUT2D eigenvalue weighted by Crippen LogP contribution is -2.34. The molecule has 29 heavy (non-hydrogen) atoms. The lowest BCUT2D eigenvalue weighted by molar-refractivity contribution is -0.161. The van der Waals surface area contributed by atoms with Crippen molar-refractivity contribution in [2.75, 3.05) is 26.4 Å². The number of carbonyl (C=O) groups excluding carboxylic acids is 3. The first kappa shape index (κ1) is 27.3. The lowest BCUT2D eigenvalue weighted by Gasteiger charge is -2.20. The number of phosphoric acid groups is 1. The zero-order valence-electron chi connectivity index (χ0n) is 17.6. The van der Waals surface area contributed by atoms with Crippen molar-refractivity contribution in [3.05, 3.63) is 0 Å². The van der Waals surface area contributed by atoms with Gasteiger partial charge in [-0.1, -0.05) is 13.8 Å². The maximum atomic E-state index is 11.9. The first-order valence-electron chi connectivity index (χ1n) is 9.32. The van der Waals surface area contributed by atoms with Crippen LogP contribution in [0.2, 0.25) is 0 Å². The standard InChI is InChI=1S/C17H32NO10P/c1-6-8-15(20)27-13(11-24-14(19)7-2)12-26-29(22,23)25-10-9-18-16(21)28-17(3,4)5/h13H,6-12H2,1-5H3,(H,18,21)(H,22,23). The summed E-state index contributed by atoms with van der Waals surface area (Å²) < 4.78 is 36.4. The Morgan fingerprint density at radius 1 is 1.07 bits per heavy atom. The molecule has 0 bridgehead atoms. The summed E-state index contributed by atoms with van der Waals surface area (Å²) >= 11 is 0. The van der Waals surface area contributed by atoms with E-state index in [-0.39, 0.29) is 32.6 Å². The molecule has 12 heteroatoms. The Balaban J connectivity index is 4.43. The Morgan fingerprint density at radius 3 is 2.28 bits per heavy atom. The monoisotopic (exact) mass is 441 g/mol. The average molecular weight is 441 g/mol. The van der Waals surface area contributed by atoms with Gasteiger partial charge in [0.05, 0.1) is 13.2 Å². The fourth-order valence-corrected chi connectivity index (χ4v) is 2.45. The highest BCUT2D eigenvalue weighted by Crippen LogP contribution is 2.43. The van der Waals surface area contributed by atoms with Gasteiger partial charge >= 0.3 is 25.9 Å². The zero-order chi connectivity index (χ0) is 22.5. The van der Waals surface area contributed by atoms with Crippen molar-refractivity contribution in [3.8, 4) is 0 Å². The fourth-order valence-electron chi connectivity index (χ4n) is 1.70. The van der Waals surface area contributed by atoms with Crippen LogP contribution >= 0.6 is 7.82 Å². The van der Waals surface area contributed by atoms with Gasteiger partial charge < -0.3 is 24.4 Å². The Hall–Kier alpha value is -1.68. The van der Waals surface area contributed by atoms with E-state index in [0.29, 0.717) is 6.42 Å². The van der Waals surface area contributed by atoms with Crippen LogP contribution in [0.1, 0.15) is 53.9 Å². The van der Waals surface area contributed by atoms with E-state index in [9.17, 15) is 23.8 Å². The summed E-state index contributed by atoms with van der Waals surface area (Å²) in [5, 5.41) is 2.36. The van der Waals surface area contributed by atoms with Crippen LogP contribution in [0.3, 0.4) is 0 Å². The van der Waals surface area contributed by atoms with E-state index in [4.69, 9.17) is 23.3 Å². The molecule has 1 amide bonds. The van der Waals surface area contributed by atoms with Gasteiger partial charge in [0, 0.05) is 19.4 Å². The van der Waals surface area contributed by atoms with Gasteiger partial charge in [0.1, 0.15) is 12.2 Å². The number of nitrogens with one attached hydrogen (secondary N) is 1. The SMILES string of the molecule is CCCC(=O)OC(COC(=O)CC)COP(=O)(O)OCCNC(=O)OC(C)(C)C. The number of hydrogen-bond acceptors (Lipinski definition) is 9. The summed E-state index contributed by atoms with van der Waals surface area (Å²) in [5.41, 5.74) is -0.675. The summed E-state index contributed by atoms with van der Waals surface area (Å²) in [6.07, 6.45) is -0.943. The van der Waals surface area contributed by atoms with Gasteiger partial charge in [0.2, 0.25) is 0 Å². The molecule has 0 aromatic heterocycles. The number of phosphoric ester groups is 1. The first-order valence-corrected chi connectivity index (χ1v) is 10.8. The first-order chi connectivity index (χ1) is 13.4. The van der Waals surface area contributed by atoms with Crippen molar-refractivity contribution in [2.45, 2.75) is 65.6 Å². The van der Waals surface area contributed by atoms with Crippen LogP contribution in [0.5, 0.6) is 0 Å². The van der Waals surface area contributed by atoms with Gasteiger partial charge in [0.25, 0.3) is 0 Å². The van der Waals surface area contributed by atoms with E-state index in [1.165, 1.54) is 0 Å². The van der Waals surface area contributed by atoms with E-state index < -0.39 is 44.2 Å². The molecule has 0 fully saturated rings. The second-order valence-electron chi connectivity index (χ2n) is 6.92. The Labute approximate surface area is 171 Å². The van der Waals surface area contributed by atoms with Crippen molar-refractivity contribution >= 4 is 25.9 Å². The number of ether oxygens (including phenoxy) is 3. The largest absolute Gasteiger partial charge is 0.472 e. The minimum Gasteiger partial charge on any atom is -0.462 e. The highest BCUT2D eigenvalue weighted by atomic mass is 31.2. The van der Waals surface area contributed by atoms with Crippen molar-refractivity contribution in [3.63, 3.8) is 0 Å². The molecule has 0 spiro atoms. The second kappa shape index (κ2) is 13.5. The molecule has 0 saturated heterocycles. The molecule has 2 atom stereocenters. The molecule has 0 aliphatic rings. The summed E-state index contributed by atoms with van der Waals surface area (Å²) in [5.74, 6) is -1.07.